The molecule has 8 nitrogen and oxygen atoms in total. The summed E-state index contributed by atoms with van der Waals surface area (Å²) in [5.74, 6) is 0.554. The predicted octanol–water partition coefficient (Wildman–Crippen LogP) is 2.36. The van der Waals surface area contributed by atoms with Crippen molar-refractivity contribution >= 4 is 16.3 Å². The van der Waals surface area contributed by atoms with Gasteiger partial charge in [0, 0.05) is 55.0 Å². The molecule has 1 N–H and O–H groups in total. The average Bonchev–Trinajstić information content (AvgIpc) is 3.12. The molecule has 3 aromatic rings. The Morgan fingerprint density at radius 3 is 2.81 bits per heavy atom. The highest BCUT2D eigenvalue weighted by Crippen LogP contribution is 2.26. The van der Waals surface area contributed by atoms with E-state index in [-0.39, 0.29) is 15.5 Å². The molecular formula is C17H15N5O3S. The van der Waals surface area contributed by atoms with E-state index in [9.17, 15) is 14.9 Å². The van der Waals surface area contributed by atoms with Crippen molar-refractivity contribution in [2.24, 2.45) is 0 Å². The maximum absolute atomic E-state index is 12.5. The second kappa shape index (κ2) is 6.77. The topological polar surface area (TPSA) is 105 Å². The Morgan fingerprint density at radius 1 is 1.27 bits per heavy atom. The van der Waals surface area contributed by atoms with Gasteiger partial charge in [0.2, 0.25) is 0 Å². The van der Waals surface area contributed by atoms with Gasteiger partial charge in [-0.15, -0.1) is 0 Å². The Bertz CT molecular complexity index is 1010. The highest BCUT2D eigenvalue weighted by atomic mass is 32.1. The van der Waals surface area contributed by atoms with Crippen LogP contribution in [0, 0.1) is 10.1 Å². The van der Waals surface area contributed by atoms with Gasteiger partial charge in [-0.2, -0.15) is 0 Å². The third kappa shape index (κ3) is 3.26. The summed E-state index contributed by atoms with van der Waals surface area (Å²) in [6.45, 7) is 1.83. The summed E-state index contributed by atoms with van der Waals surface area (Å²) >= 11 is 1.17. The normalized spacial score (nSPS) is 14.2. The fraction of sp³-hybridized carbons (Fsp3) is 0.235. The number of nitrogens with zero attached hydrogens (tertiary/aromatic N) is 4. The Labute approximate surface area is 152 Å². The highest BCUT2D eigenvalue weighted by molar-refractivity contribution is 7.15. The second-order valence-corrected chi connectivity index (χ2v) is 7.18. The number of H-pyrrole nitrogens is 1. The van der Waals surface area contributed by atoms with Crippen LogP contribution < -0.4 is 5.56 Å². The first kappa shape index (κ1) is 16.6. The molecule has 0 spiro atoms. The van der Waals surface area contributed by atoms with E-state index in [1.165, 1.54) is 17.4 Å². The van der Waals surface area contributed by atoms with E-state index < -0.39 is 0 Å². The first-order chi connectivity index (χ1) is 12.6. The zero-order valence-corrected chi connectivity index (χ0v) is 14.5. The molecule has 0 aliphatic carbocycles. The van der Waals surface area contributed by atoms with Crippen molar-refractivity contribution in [3.8, 4) is 11.4 Å². The fourth-order valence-corrected chi connectivity index (χ4v) is 3.89. The van der Waals surface area contributed by atoms with Gasteiger partial charge in [-0.05, 0) is 18.2 Å². The molecule has 0 saturated heterocycles. The molecule has 4 rings (SSSR count). The molecule has 0 fully saturated rings. The number of fused-ring (bicyclic) bond motifs is 1. The van der Waals surface area contributed by atoms with Crippen molar-refractivity contribution in [2.45, 2.75) is 19.5 Å². The van der Waals surface area contributed by atoms with Crippen LogP contribution >= 0.6 is 11.3 Å². The summed E-state index contributed by atoms with van der Waals surface area (Å²) in [6, 6.07) is 6.91. The molecule has 0 bridgehead atoms. The number of thiophene rings is 1. The first-order valence-electron chi connectivity index (χ1n) is 8.08. The molecule has 4 heterocycles. The second-order valence-electron chi connectivity index (χ2n) is 6.03. The summed E-state index contributed by atoms with van der Waals surface area (Å²) in [7, 11) is 0. The van der Waals surface area contributed by atoms with E-state index in [1.807, 2.05) is 12.1 Å². The molecule has 9 heteroatoms. The van der Waals surface area contributed by atoms with E-state index >= 15 is 0 Å². The Kier molecular flexibility index (Phi) is 4.31. The number of hydrogen-bond donors (Lipinski definition) is 1. The standard InChI is InChI=1S/C17H15N5O3S/c23-17-13-10-21(9-12-1-2-15(26-12)22(24)25)8-5-14(13)19-16(20-17)11-3-6-18-7-4-11/h1-4,6-7H,5,8-10H2,(H,19,20,23). The van der Waals surface area contributed by atoms with Gasteiger partial charge in [-0.1, -0.05) is 11.3 Å². The van der Waals surface area contributed by atoms with Crippen LogP contribution in [0.4, 0.5) is 5.00 Å². The van der Waals surface area contributed by atoms with Crippen molar-refractivity contribution < 1.29 is 4.92 Å². The Morgan fingerprint density at radius 2 is 2.08 bits per heavy atom. The number of rotatable bonds is 4. The molecule has 0 amide bonds. The van der Waals surface area contributed by atoms with Crippen LogP contribution in [0.3, 0.4) is 0 Å². The molecule has 0 saturated carbocycles. The maximum atomic E-state index is 12.5. The lowest BCUT2D eigenvalue weighted by atomic mass is 10.1. The van der Waals surface area contributed by atoms with Crippen LogP contribution in [0.15, 0.2) is 41.5 Å². The zero-order chi connectivity index (χ0) is 18.1. The van der Waals surface area contributed by atoms with Crippen LogP contribution in [0.5, 0.6) is 0 Å². The molecule has 1 aliphatic rings. The molecule has 0 atom stereocenters. The number of nitro groups is 1. The first-order valence-corrected chi connectivity index (χ1v) is 8.90. The monoisotopic (exact) mass is 369 g/mol. The lowest BCUT2D eigenvalue weighted by Gasteiger charge is -2.27. The molecule has 132 valence electrons. The van der Waals surface area contributed by atoms with Crippen LogP contribution in [0.1, 0.15) is 16.1 Å². The molecule has 26 heavy (non-hydrogen) atoms. The van der Waals surface area contributed by atoms with E-state index in [2.05, 4.69) is 19.9 Å². The smallest absolute Gasteiger partial charge is 0.306 e. The van der Waals surface area contributed by atoms with Crippen molar-refractivity contribution in [1.82, 2.24) is 19.9 Å². The van der Waals surface area contributed by atoms with Gasteiger partial charge in [0.25, 0.3) is 5.56 Å². The van der Waals surface area contributed by atoms with Crippen molar-refractivity contribution in [3.05, 3.63) is 73.3 Å². The van der Waals surface area contributed by atoms with Crippen LogP contribution in [-0.2, 0) is 19.5 Å². The molecule has 1 aliphatic heterocycles. The molecule has 0 radical (unpaired) electrons. The third-order valence-electron chi connectivity index (χ3n) is 4.31. The molecule has 0 unspecified atom stereocenters. The summed E-state index contributed by atoms with van der Waals surface area (Å²) in [5, 5.41) is 10.9. The number of aromatic amines is 1. The van der Waals surface area contributed by atoms with Gasteiger partial charge in [-0.3, -0.25) is 24.8 Å². The third-order valence-corrected chi connectivity index (χ3v) is 5.33. The minimum Gasteiger partial charge on any atom is -0.306 e. The summed E-state index contributed by atoms with van der Waals surface area (Å²) in [6.07, 6.45) is 4.00. The van der Waals surface area contributed by atoms with Crippen molar-refractivity contribution in [3.63, 3.8) is 0 Å². The lowest BCUT2D eigenvalue weighted by molar-refractivity contribution is -0.380. The summed E-state index contributed by atoms with van der Waals surface area (Å²) < 4.78 is 0. The molecule has 0 aromatic carbocycles. The number of aromatic nitrogens is 3. The van der Waals surface area contributed by atoms with Crippen LogP contribution in [0.2, 0.25) is 0 Å². The van der Waals surface area contributed by atoms with Gasteiger partial charge >= 0.3 is 5.00 Å². The summed E-state index contributed by atoms with van der Waals surface area (Å²) in [5.41, 5.74) is 2.17. The Hall–Kier alpha value is -2.91. The predicted molar refractivity (Wildman–Crippen MR) is 96.9 cm³/mol. The van der Waals surface area contributed by atoms with Crippen molar-refractivity contribution in [2.75, 3.05) is 6.54 Å². The van der Waals surface area contributed by atoms with Crippen LogP contribution in [-0.4, -0.2) is 31.3 Å². The quantitative estimate of drug-likeness (QED) is 0.559. The van der Waals surface area contributed by atoms with Gasteiger partial charge in [0.15, 0.2) is 0 Å². The van der Waals surface area contributed by atoms with Crippen LogP contribution in [0.25, 0.3) is 11.4 Å². The largest absolute Gasteiger partial charge is 0.324 e. The number of hydrogen-bond acceptors (Lipinski definition) is 7. The van der Waals surface area contributed by atoms with Gasteiger partial charge in [0.1, 0.15) is 5.82 Å². The zero-order valence-electron chi connectivity index (χ0n) is 13.7. The number of nitrogens with one attached hydrogen (secondary N) is 1. The molecule has 3 aromatic heterocycles. The van der Waals surface area contributed by atoms with Gasteiger partial charge < -0.3 is 4.98 Å². The minimum absolute atomic E-state index is 0.135. The highest BCUT2D eigenvalue weighted by Gasteiger charge is 2.22. The lowest BCUT2D eigenvalue weighted by Crippen LogP contribution is -2.35. The van der Waals surface area contributed by atoms with E-state index in [1.54, 1.807) is 18.5 Å². The Balaban J connectivity index is 1.55. The van der Waals surface area contributed by atoms with E-state index in [0.29, 0.717) is 30.9 Å². The fourth-order valence-electron chi connectivity index (χ4n) is 3.03. The average molecular weight is 369 g/mol. The molecular weight excluding hydrogens is 354 g/mol. The summed E-state index contributed by atoms with van der Waals surface area (Å²) in [4.78, 5) is 37.4. The van der Waals surface area contributed by atoms with Crippen molar-refractivity contribution in [1.29, 1.82) is 0 Å². The van der Waals surface area contributed by atoms with Gasteiger partial charge in [0.05, 0.1) is 16.2 Å². The SMILES string of the molecule is O=c1[nH]c(-c2ccncc2)nc2c1CN(Cc1ccc([N+](=O)[O-])s1)CC2. The van der Waals surface area contributed by atoms with Gasteiger partial charge in [-0.25, -0.2) is 4.98 Å². The van der Waals surface area contributed by atoms with E-state index in [4.69, 9.17) is 0 Å². The number of pyridine rings is 1. The minimum atomic E-state index is -0.380. The maximum Gasteiger partial charge on any atom is 0.324 e. The van der Waals surface area contributed by atoms with E-state index in [0.717, 1.165) is 22.7 Å².